The molecule has 0 aromatic heterocycles. The first-order chi connectivity index (χ1) is 9.70. The lowest BCUT2D eigenvalue weighted by atomic mass is 10.2. The van der Waals surface area contributed by atoms with Gasteiger partial charge in [0.25, 0.3) is 0 Å². The van der Waals surface area contributed by atoms with Gasteiger partial charge in [-0.05, 0) is 37.6 Å². The van der Waals surface area contributed by atoms with Crippen LogP contribution < -0.4 is 4.74 Å². The number of hydrogen-bond donors (Lipinski definition) is 1. The summed E-state index contributed by atoms with van der Waals surface area (Å²) in [6.45, 7) is 3.06. The molecule has 0 fully saturated rings. The Balaban J connectivity index is 2.74. The third kappa shape index (κ3) is 5.95. The minimum absolute atomic E-state index is 0.0912. The van der Waals surface area contributed by atoms with Crippen molar-refractivity contribution in [1.82, 2.24) is 0 Å². The highest BCUT2D eigenvalue weighted by Crippen LogP contribution is 2.18. The Bertz CT molecular complexity index is 635. The van der Waals surface area contributed by atoms with Crippen molar-refractivity contribution in [2.45, 2.75) is 19.1 Å². The number of halogens is 1. The SMILES string of the molecule is CC(C)S(=O)(=O)CCOc1cc(F)cc(/C=C/C(=O)O)c1. The number of benzene rings is 1. The molecule has 0 radical (unpaired) electrons. The van der Waals surface area contributed by atoms with Gasteiger partial charge in [-0.15, -0.1) is 0 Å². The summed E-state index contributed by atoms with van der Waals surface area (Å²) in [5.41, 5.74) is 0.319. The van der Waals surface area contributed by atoms with Crippen molar-refractivity contribution >= 4 is 21.9 Å². The van der Waals surface area contributed by atoms with E-state index in [9.17, 15) is 17.6 Å². The Hall–Kier alpha value is -1.89. The van der Waals surface area contributed by atoms with Crippen LogP contribution in [0.25, 0.3) is 6.08 Å². The molecule has 0 bridgehead atoms. The van der Waals surface area contributed by atoms with Crippen LogP contribution in [0.2, 0.25) is 0 Å². The lowest BCUT2D eigenvalue weighted by Gasteiger charge is -2.10. The molecular formula is C14H17FO5S. The maximum absolute atomic E-state index is 13.4. The monoisotopic (exact) mass is 316 g/mol. The van der Waals surface area contributed by atoms with E-state index in [-0.39, 0.29) is 18.1 Å². The Morgan fingerprint density at radius 1 is 1.38 bits per heavy atom. The molecule has 0 heterocycles. The quantitative estimate of drug-likeness (QED) is 0.779. The van der Waals surface area contributed by atoms with Gasteiger partial charge in [0.1, 0.15) is 18.2 Å². The number of aliphatic carboxylic acids is 1. The summed E-state index contributed by atoms with van der Waals surface area (Å²) in [5, 5.41) is 8.02. The van der Waals surface area contributed by atoms with E-state index >= 15 is 0 Å². The van der Waals surface area contributed by atoms with Gasteiger partial charge < -0.3 is 9.84 Å². The molecule has 5 nitrogen and oxygen atoms in total. The summed E-state index contributed by atoms with van der Waals surface area (Å²) in [4.78, 5) is 10.4. The molecule has 21 heavy (non-hydrogen) atoms. The molecule has 0 spiro atoms. The number of carbonyl (C=O) groups is 1. The highest BCUT2D eigenvalue weighted by Gasteiger charge is 2.15. The van der Waals surface area contributed by atoms with Crippen molar-refractivity contribution in [1.29, 1.82) is 0 Å². The van der Waals surface area contributed by atoms with Gasteiger partial charge in [0, 0.05) is 12.1 Å². The molecule has 0 unspecified atom stereocenters. The molecule has 7 heteroatoms. The van der Waals surface area contributed by atoms with E-state index in [0.717, 1.165) is 18.2 Å². The summed E-state index contributed by atoms with van der Waals surface area (Å²) in [7, 11) is -3.22. The zero-order chi connectivity index (χ0) is 16.0. The Labute approximate surface area is 123 Å². The Morgan fingerprint density at radius 3 is 2.62 bits per heavy atom. The fraction of sp³-hybridized carbons (Fsp3) is 0.357. The topological polar surface area (TPSA) is 80.7 Å². The largest absolute Gasteiger partial charge is 0.492 e. The summed E-state index contributed by atoms with van der Waals surface area (Å²) >= 11 is 0. The van der Waals surface area contributed by atoms with Gasteiger partial charge in [0.2, 0.25) is 0 Å². The zero-order valence-electron chi connectivity index (χ0n) is 11.7. The minimum Gasteiger partial charge on any atom is -0.492 e. The first-order valence-corrected chi connectivity index (χ1v) is 7.98. The molecule has 0 saturated heterocycles. The van der Waals surface area contributed by atoms with E-state index in [1.54, 1.807) is 13.8 Å². The van der Waals surface area contributed by atoms with E-state index in [1.165, 1.54) is 12.1 Å². The van der Waals surface area contributed by atoms with Crippen molar-refractivity contribution in [3.63, 3.8) is 0 Å². The van der Waals surface area contributed by atoms with Gasteiger partial charge in [-0.25, -0.2) is 17.6 Å². The molecule has 0 aliphatic heterocycles. The second-order valence-corrected chi connectivity index (χ2v) is 7.33. The van der Waals surface area contributed by atoms with E-state index in [0.29, 0.717) is 5.56 Å². The molecule has 0 amide bonds. The fourth-order valence-corrected chi connectivity index (χ4v) is 2.23. The van der Waals surface area contributed by atoms with Crippen LogP contribution in [0.15, 0.2) is 24.3 Å². The molecular weight excluding hydrogens is 299 g/mol. The molecule has 0 saturated carbocycles. The molecule has 0 aliphatic rings. The van der Waals surface area contributed by atoms with Crippen LogP contribution in [-0.2, 0) is 14.6 Å². The highest BCUT2D eigenvalue weighted by molar-refractivity contribution is 7.91. The smallest absolute Gasteiger partial charge is 0.328 e. The van der Waals surface area contributed by atoms with Crippen LogP contribution in [0.1, 0.15) is 19.4 Å². The number of carboxylic acid groups (broad SMARTS) is 1. The van der Waals surface area contributed by atoms with Crippen molar-refractivity contribution in [3.8, 4) is 5.75 Å². The number of rotatable bonds is 7. The molecule has 1 aromatic rings. The van der Waals surface area contributed by atoms with Crippen LogP contribution in [0.3, 0.4) is 0 Å². The van der Waals surface area contributed by atoms with Crippen molar-refractivity contribution < 1.29 is 27.4 Å². The third-order valence-electron chi connectivity index (χ3n) is 2.67. The predicted molar refractivity (Wildman–Crippen MR) is 77.5 cm³/mol. The van der Waals surface area contributed by atoms with Gasteiger partial charge in [-0.1, -0.05) is 0 Å². The fourth-order valence-electron chi connectivity index (χ4n) is 1.44. The van der Waals surface area contributed by atoms with Crippen LogP contribution in [0.5, 0.6) is 5.75 Å². The van der Waals surface area contributed by atoms with Gasteiger partial charge in [0.15, 0.2) is 9.84 Å². The van der Waals surface area contributed by atoms with Crippen molar-refractivity contribution in [3.05, 3.63) is 35.7 Å². The average Bonchev–Trinajstić information content (AvgIpc) is 2.35. The summed E-state index contributed by atoms with van der Waals surface area (Å²) < 4.78 is 41.8. The standard InChI is InChI=1S/C14H17FO5S/c1-10(2)21(18,19)6-5-20-13-8-11(3-4-14(16)17)7-12(15)9-13/h3-4,7-10H,5-6H2,1-2H3,(H,16,17)/b4-3+. The van der Waals surface area contributed by atoms with E-state index < -0.39 is 26.9 Å². The average molecular weight is 316 g/mol. The molecule has 1 rings (SSSR count). The molecule has 0 aliphatic carbocycles. The number of sulfone groups is 1. The summed E-state index contributed by atoms with van der Waals surface area (Å²) in [6, 6.07) is 3.70. The Morgan fingerprint density at radius 2 is 2.05 bits per heavy atom. The zero-order valence-corrected chi connectivity index (χ0v) is 12.6. The van der Waals surface area contributed by atoms with Gasteiger partial charge in [-0.2, -0.15) is 0 Å². The maximum atomic E-state index is 13.4. The van der Waals surface area contributed by atoms with E-state index in [1.807, 2.05) is 0 Å². The second-order valence-electron chi connectivity index (χ2n) is 4.66. The van der Waals surface area contributed by atoms with E-state index in [4.69, 9.17) is 9.84 Å². The lowest BCUT2D eigenvalue weighted by molar-refractivity contribution is -0.131. The van der Waals surface area contributed by atoms with Crippen LogP contribution >= 0.6 is 0 Å². The Kier molecular flexibility index (Phi) is 5.90. The van der Waals surface area contributed by atoms with Crippen LogP contribution in [0, 0.1) is 5.82 Å². The van der Waals surface area contributed by atoms with Gasteiger partial charge >= 0.3 is 5.97 Å². The van der Waals surface area contributed by atoms with Gasteiger partial charge in [0.05, 0.1) is 11.0 Å². The van der Waals surface area contributed by atoms with Crippen molar-refractivity contribution in [2.24, 2.45) is 0 Å². The normalized spacial score (nSPS) is 12.0. The molecule has 0 atom stereocenters. The molecule has 116 valence electrons. The van der Waals surface area contributed by atoms with Gasteiger partial charge in [-0.3, -0.25) is 0 Å². The summed E-state index contributed by atoms with van der Waals surface area (Å²) in [6.07, 6.45) is 2.10. The highest BCUT2D eigenvalue weighted by atomic mass is 32.2. The van der Waals surface area contributed by atoms with Crippen molar-refractivity contribution in [2.75, 3.05) is 12.4 Å². The van der Waals surface area contributed by atoms with E-state index in [2.05, 4.69) is 0 Å². The summed E-state index contributed by atoms with van der Waals surface area (Å²) in [5.74, 6) is -1.76. The molecule has 1 aromatic carbocycles. The maximum Gasteiger partial charge on any atom is 0.328 e. The minimum atomic E-state index is -3.22. The first kappa shape index (κ1) is 17.2. The number of carboxylic acids is 1. The van der Waals surface area contributed by atoms with Crippen LogP contribution in [0.4, 0.5) is 4.39 Å². The first-order valence-electron chi connectivity index (χ1n) is 6.26. The number of hydrogen-bond acceptors (Lipinski definition) is 4. The molecule has 1 N–H and O–H groups in total. The predicted octanol–water partition coefficient (Wildman–Crippen LogP) is 2.13. The van der Waals surface area contributed by atoms with Crippen LogP contribution in [-0.4, -0.2) is 37.1 Å². The third-order valence-corrected chi connectivity index (χ3v) is 4.84. The number of ether oxygens (including phenoxy) is 1. The lowest BCUT2D eigenvalue weighted by Crippen LogP contribution is -2.22. The second kappa shape index (κ2) is 7.21.